The molecule has 1 aliphatic heterocycles. The Morgan fingerprint density at radius 1 is 1.36 bits per heavy atom. The van der Waals surface area contributed by atoms with Crippen molar-refractivity contribution in [3.63, 3.8) is 0 Å². The van der Waals surface area contributed by atoms with E-state index in [-0.39, 0.29) is 18.0 Å². The van der Waals surface area contributed by atoms with Gasteiger partial charge in [-0.15, -0.1) is 11.3 Å². The first-order valence-corrected chi connectivity index (χ1v) is 7.99. The summed E-state index contributed by atoms with van der Waals surface area (Å²) in [6.07, 6.45) is 3.35. The summed E-state index contributed by atoms with van der Waals surface area (Å²) in [5, 5.41) is 2.01. The summed E-state index contributed by atoms with van der Waals surface area (Å²) in [5.74, 6) is 0.135. The second kappa shape index (κ2) is 6.23. The molecular weight excluding hydrogens is 302 g/mol. The molecule has 2 aromatic rings. The van der Waals surface area contributed by atoms with Gasteiger partial charge in [-0.1, -0.05) is 6.07 Å². The molecule has 0 aliphatic carbocycles. The number of hydrogen-bond acceptors (Lipinski definition) is 4. The Labute approximate surface area is 132 Å². The van der Waals surface area contributed by atoms with Gasteiger partial charge in [0.05, 0.1) is 17.9 Å². The molecule has 6 nitrogen and oxygen atoms in total. The number of rotatable bonds is 2. The lowest BCUT2D eigenvalue weighted by atomic mass is 10.2. The van der Waals surface area contributed by atoms with Gasteiger partial charge in [0.1, 0.15) is 5.76 Å². The van der Waals surface area contributed by atoms with Gasteiger partial charge < -0.3 is 9.32 Å². The molecule has 0 spiro atoms. The van der Waals surface area contributed by atoms with E-state index in [0.717, 1.165) is 12.8 Å². The fourth-order valence-electron chi connectivity index (χ4n) is 2.66. The molecule has 3 heterocycles. The normalized spacial score (nSPS) is 17.5. The number of aryl methyl sites for hydroxylation is 1. The van der Waals surface area contributed by atoms with Gasteiger partial charge in [0.15, 0.2) is 0 Å². The van der Waals surface area contributed by atoms with Crippen LogP contribution in [0.2, 0.25) is 0 Å². The number of carbonyl (C=O) groups excluding carboxylic acids is 2. The fourth-order valence-corrected chi connectivity index (χ4v) is 3.53. The minimum absolute atomic E-state index is 0.0903. The summed E-state index contributed by atoms with van der Waals surface area (Å²) in [5.41, 5.74) is 5.33. The number of thiophene rings is 1. The topological polar surface area (TPSA) is 74.6 Å². The van der Waals surface area contributed by atoms with Gasteiger partial charge in [-0.2, -0.15) is 0 Å². The number of likely N-dealkylation sites (tertiary alicyclic amines) is 1. The summed E-state index contributed by atoms with van der Waals surface area (Å²) < 4.78 is 5.08. The van der Waals surface area contributed by atoms with Crippen molar-refractivity contribution < 1.29 is 14.0 Å². The van der Waals surface area contributed by atoms with Crippen molar-refractivity contribution in [1.29, 1.82) is 0 Å². The van der Waals surface area contributed by atoms with Crippen molar-refractivity contribution in [2.24, 2.45) is 0 Å². The zero-order valence-corrected chi connectivity index (χ0v) is 13.0. The Hall–Kier alpha value is -2.28. The minimum atomic E-state index is -0.383. The highest BCUT2D eigenvalue weighted by molar-refractivity contribution is 7.10. The number of urea groups is 1. The zero-order chi connectivity index (χ0) is 15.5. The number of hydrogen-bond donors (Lipinski definition) is 2. The van der Waals surface area contributed by atoms with Crippen LogP contribution in [0, 0.1) is 6.92 Å². The molecule has 22 heavy (non-hydrogen) atoms. The summed E-state index contributed by atoms with van der Waals surface area (Å²) in [6, 6.07) is 5.39. The average molecular weight is 319 g/mol. The Morgan fingerprint density at radius 2 is 2.23 bits per heavy atom. The number of hydrazine groups is 1. The SMILES string of the molecule is Cc1occc1C(=O)NNC(=O)N1CCCC1c1cccs1. The molecule has 3 amide bonds. The maximum atomic E-state index is 12.3. The maximum absolute atomic E-state index is 12.3. The number of nitrogens with zero attached hydrogens (tertiary/aromatic N) is 1. The van der Waals surface area contributed by atoms with Gasteiger partial charge in [-0.05, 0) is 37.3 Å². The predicted octanol–water partition coefficient (Wildman–Crippen LogP) is 2.84. The van der Waals surface area contributed by atoms with Gasteiger partial charge in [0.2, 0.25) is 0 Å². The highest BCUT2D eigenvalue weighted by Crippen LogP contribution is 2.34. The van der Waals surface area contributed by atoms with Crippen LogP contribution < -0.4 is 10.9 Å². The van der Waals surface area contributed by atoms with Crippen molar-refractivity contribution in [2.45, 2.75) is 25.8 Å². The van der Waals surface area contributed by atoms with Crippen LogP contribution in [0.15, 0.2) is 34.3 Å². The molecule has 2 aromatic heterocycles. The molecule has 3 rings (SSSR count). The highest BCUT2D eigenvalue weighted by atomic mass is 32.1. The number of nitrogens with one attached hydrogen (secondary N) is 2. The summed E-state index contributed by atoms with van der Waals surface area (Å²) >= 11 is 1.64. The molecule has 1 unspecified atom stereocenters. The second-order valence-electron chi connectivity index (χ2n) is 5.14. The van der Waals surface area contributed by atoms with E-state index in [0.29, 0.717) is 17.9 Å². The second-order valence-corrected chi connectivity index (χ2v) is 6.12. The molecule has 7 heteroatoms. The first-order valence-electron chi connectivity index (χ1n) is 7.11. The van der Waals surface area contributed by atoms with Crippen LogP contribution in [0.3, 0.4) is 0 Å². The Bertz CT molecular complexity index is 665. The van der Waals surface area contributed by atoms with Gasteiger partial charge in [-0.25, -0.2) is 10.2 Å². The fraction of sp³-hybridized carbons (Fsp3) is 0.333. The molecule has 1 saturated heterocycles. The third-order valence-corrected chi connectivity index (χ3v) is 4.75. The first-order chi connectivity index (χ1) is 10.7. The first kappa shape index (κ1) is 14.6. The predicted molar refractivity (Wildman–Crippen MR) is 82.4 cm³/mol. The molecule has 2 N–H and O–H groups in total. The van der Waals surface area contributed by atoms with Crippen LogP contribution in [0.4, 0.5) is 4.79 Å². The summed E-state index contributed by atoms with van der Waals surface area (Å²) in [6.45, 7) is 2.39. The largest absolute Gasteiger partial charge is 0.469 e. The third-order valence-electron chi connectivity index (χ3n) is 3.77. The van der Waals surface area contributed by atoms with Crippen LogP contribution in [-0.2, 0) is 0 Å². The van der Waals surface area contributed by atoms with E-state index in [1.54, 1.807) is 29.2 Å². The molecule has 0 saturated carbocycles. The van der Waals surface area contributed by atoms with E-state index in [4.69, 9.17) is 4.42 Å². The van der Waals surface area contributed by atoms with E-state index >= 15 is 0 Å². The van der Waals surface area contributed by atoms with Crippen LogP contribution in [0.25, 0.3) is 0 Å². The van der Waals surface area contributed by atoms with Crippen molar-refractivity contribution >= 4 is 23.3 Å². The zero-order valence-electron chi connectivity index (χ0n) is 12.2. The molecule has 1 aliphatic rings. The van der Waals surface area contributed by atoms with Crippen molar-refractivity contribution in [1.82, 2.24) is 15.8 Å². The van der Waals surface area contributed by atoms with Crippen LogP contribution in [0.1, 0.15) is 39.9 Å². The van der Waals surface area contributed by atoms with Gasteiger partial charge in [0, 0.05) is 11.4 Å². The van der Waals surface area contributed by atoms with E-state index in [1.165, 1.54) is 11.1 Å². The van der Waals surface area contributed by atoms with E-state index < -0.39 is 0 Å². The lowest BCUT2D eigenvalue weighted by Gasteiger charge is -2.24. The maximum Gasteiger partial charge on any atom is 0.336 e. The quantitative estimate of drug-likeness (QED) is 0.836. The van der Waals surface area contributed by atoms with Crippen LogP contribution >= 0.6 is 11.3 Å². The highest BCUT2D eigenvalue weighted by Gasteiger charge is 2.30. The number of furan rings is 1. The molecule has 1 atom stereocenters. The van der Waals surface area contributed by atoms with E-state index in [1.807, 2.05) is 17.5 Å². The number of carbonyl (C=O) groups is 2. The lowest BCUT2D eigenvalue weighted by molar-refractivity contribution is 0.0927. The minimum Gasteiger partial charge on any atom is -0.469 e. The standard InChI is InChI=1S/C15H17N3O3S/c1-10-11(6-8-21-10)14(19)16-17-15(20)18-7-2-4-12(18)13-5-3-9-22-13/h3,5-6,8-9,12H,2,4,7H2,1H3,(H,16,19)(H,17,20). The Kier molecular flexibility index (Phi) is 4.15. The van der Waals surface area contributed by atoms with Gasteiger partial charge in [0.25, 0.3) is 5.91 Å². The summed E-state index contributed by atoms with van der Waals surface area (Å²) in [4.78, 5) is 27.2. The molecule has 1 fully saturated rings. The van der Waals surface area contributed by atoms with E-state index in [2.05, 4.69) is 10.9 Å². The molecule has 116 valence electrons. The van der Waals surface area contributed by atoms with Gasteiger partial charge in [-0.3, -0.25) is 10.2 Å². The third kappa shape index (κ3) is 2.85. The van der Waals surface area contributed by atoms with Crippen molar-refractivity contribution in [3.05, 3.63) is 46.0 Å². The monoisotopic (exact) mass is 319 g/mol. The molecular formula is C15H17N3O3S. The van der Waals surface area contributed by atoms with Crippen molar-refractivity contribution in [2.75, 3.05) is 6.54 Å². The smallest absolute Gasteiger partial charge is 0.336 e. The van der Waals surface area contributed by atoms with Crippen LogP contribution in [-0.4, -0.2) is 23.4 Å². The Morgan fingerprint density at radius 3 is 2.91 bits per heavy atom. The van der Waals surface area contributed by atoms with Crippen LogP contribution in [0.5, 0.6) is 0 Å². The summed E-state index contributed by atoms with van der Waals surface area (Å²) in [7, 11) is 0. The molecule has 0 bridgehead atoms. The Balaban J connectivity index is 1.60. The van der Waals surface area contributed by atoms with Gasteiger partial charge >= 0.3 is 6.03 Å². The average Bonchev–Trinajstić information content (AvgIpc) is 3.23. The van der Waals surface area contributed by atoms with Crippen molar-refractivity contribution in [3.8, 4) is 0 Å². The molecule has 0 aromatic carbocycles. The van der Waals surface area contributed by atoms with E-state index in [9.17, 15) is 9.59 Å². The number of amides is 3. The lowest BCUT2D eigenvalue weighted by Crippen LogP contribution is -2.48. The molecule has 0 radical (unpaired) electrons.